The number of aryl methyl sites for hydroxylation is 1. The van der Waals surface area contributed by atoms with Gasteiger partial charge in [-0.05, 0) is 56.0 Å². The fourth-order valence-electron chi connectivity index (χ4n) is 4.17. The molecule has 4 nitrogen and oxygen atoms in total. The van der Waals surface area contributed by atoms with E-state index in [4.69, 9.17) is 4.74 Å². The van der Waals surface area contributed by atoms with Gasteiger partial charge in [-0.15, -0.1) is 0 Å². The van der Waals surface area contributed by atoms with E-state index in [-0.39, 0.29) is 0 Å². The summed E-state index contributed by atoms with van der Waals surface area (Å²) in [5.41, 5.74) is 4.04. The van der Waals surface area contributed by atoms with Gasteiger partial charge in [0.05, 0.1) is 13.2 Å². The fraction of sp³-hybridized carbons (Fsp3) is 0.500. The molecule has 0 spiro atoms. The van der Waals surface area contributed by atoms with Crippen LogP contribution in [-0.4, -0.2) is 43.4 Å². The molecule has 2 aromatic rings. The molecule has 2 atom stereocenters. The van der Waals surface area contributed by atoms with Crippen LogP contribution < -0.4 is 10.2 Å². The Bertz CT molecular complexity index is 680. The lowest BCUT2D eigenvalue weighted by molar-refractivity contribution is 0.181. The van der Waals surface area contributed by atoms with Gasteiger partial charge in [-0.25, -0.2) is 0 Å². The normalized spacial score (nSPS) is 24.1. The van der Waals surface area contributed by atoms with E-state index in [1.54, 1.807) is 0 Å². The quantitative estimate of drug-likeness (QED) is 0.898. The molecule has 1 N–H and O–H groups in total. The molecule has 0 aliphatic carbocycles. The van der Waals surface area contributed by atoms with Crippen molar-refractivity contribution in [1.29, 1.82) is 0 Å². The van der Waals surface area contributed by atoms with Crippen molar-refractivity contribution in [3.63, 3.8) is 0 Å². The largest absolute Gasteiger partial charge is 0.379 e. The first-order valence-corrected chi connectivity index (χ1v) is 9.82. The van der Waals surface area contributed by atoms with Gasteiger partial charge in [0.2, 0.25) is 0 Å². The monoisotopic (exact) mass is 351 g/mol. The third-order valence-corrected chi connectivity index (χ3v) is 5.79. The number of ether oxygens (including phenoxy) is 1. The van der Waals surface area contributed by atoms with Gasteiger partial charge >= 0.3 is 0 Å². The maximum absolute atomic E-state index is 5.80. The number of aromatic nitrogens is 1. The lowest BCUT2D eigenvalue weighted by Gasteiger charge is -2.36. The molecule has 0 unspecified atom stereocenters. The lowest BCUT2D eigenvalue weighted by atomic mass is 9.93. The molecule has 138 valence electrons. The van der Waals surface area contributed by atoms with Crippen molar-refractivity contribution in [2.24, 2.45) is 5.92 Å². The Morgan fingerprint density at radius 3 is 2.50 bits per heavy atom. The Morgan fingerprint density at radius 2 is 1.77 bits per heavy atom. The third kappa shape index (κ3) is 4.25. The molecule has 2 saturated heterocycles. The van der Waals surface area contributed by atoms with Gasteiger partial charge in [0.25, 0.3) is 0 Å². The van der Waals surface area contributed by atoms with Crippen LogP contribution in [-0.2, 0) is 11.2 Å². The minimum Gasteiger partial charge on any atom is -0.379 e. The van der Waals surface area contributed by atoms with Gasteiger partial charge in [0.1, 0.15) is 0 Å². The van der Waals surface area contributed by atoms with E-state index < -0.39 is 0 Å². The minimum absolute atomic E-state index is 0.471. The number of nitrogens with one attached hydrogen (secondary N) is 1. The number of nitrogens with zero attached hydrogens (tertiary/aromatic N) is 2. The highest BCUT2D eigenvalue weighted by atomic mass is 16.5. The highest BCUT2D eigenvalue weighted by Crippen LogP contribution is 2.24. The van der Waals surface area contributed by atoms with E-state index in [9.17, 15) is 0 Å². The van der Waals surface area contributed by atoms with Crippen LogP contribution in [0.1, 0.15) is 24.0 Å². The van der Waals surface area contributed by atoms with Crippen molar-refractivity contribution in [3.8, 4) is 0 Å². The summed E-state index contributed by atoms with van der Waals surface area (Å²) in [6.45, 7) is 6.11. The molecule has 1 aromatic carbocycles. The zero-order chi connectivity index (χ0) is 17.8. The molecule has 2 fully saturated rings. The molecule has 2 aliphatic rings. The molecule has 4 heteroatoms. The predicted octanol–water partition coefficient (Wildman–Crippen LogP) is 3.21. The SMILES string of the molecule is Cc1ccc(N2CCC(N[C@H]3COC[C@H]3Cc3ccncc3)CC2)cc1. The Morgan fingerprint density at radius 1 is 1.04 bits per heavy atom. The fourth-order valence-corrected chi connectivity index (χ4v) is 4.17. The highest BCUT2D eigenvalue weighted by Gasteiger charge is 2.31. The van der Waals surface area contributed by atoms with Crippen molar-refractivity contribution in [1.82, 2.24) is 10.3 Å². The Balaban J connectivity index is 1.29. The minimum atomic E-state index is 0.471. The van der Waals surface area contributed by atoms with E-state index >= 15 is 0 Å². The molecule has 26 heavy (non-hydrogen) atoms. The molecular weight excluding hydrogens is 322 g/mol. The molecule has 0 saturated carbocycles. The molecule has 3 heterocycles. The van der Waals surface area contributed by atoms with Crippen molar-refractivity contribution < 1.29 is 4.74 Å². The summed E-state index contributed by atoms with van der Waals surface area (Å²) >= 11 is 0. The number of pyridine rings is 1. The van der Waals surface area contributed by atoms with Crippen LogP contribution in [0.15, 0.2) is 48.8 Å². The zero-order valence-electron chi connectivity index (χ0n) is 15.6. The van der Waals surface area contributed by atoms with Crippen LogP contribution in [0.5, 0.6) is 0 Å². The second kappa shape index (κ2) is 8.19. The number of hydrogen-bond donors (Lipinski definition) is 1. The number of benzene rings is 1. The first-order valence-electron chi connectivity index (χ1n) is 9.82. The standard InChI is InChI=1S/C22H29N3O/c1-17-2-4-21(5-3-17)25-12-8-20(9-13-25)24-22-16-26-15-19(22)14-18-6-10-23-11-7-18/h2-7,10-11,19-20,22,24H,8-9,12-16H2,1H3/t19-,22+/m1/s1. The van der Waals surface area contributed by atoms with E-state index in [0.717, 1.165) is 32.7 Å². The Labute approximate surface area is 156 Å². The topological polar surface area (TPSA) is 37.4 Å². The summed E-state index contributed by atoms with van der Waals surface area (Å²) < 4.78 is 5.80. The van der Waals surface area contributed by atoms with Crippen molar-refractivity contribution in [2.45, 2.75) is 38.3 Å². The molecule has 0 amide bonds. The number of hydrogen-bond acceptors (Lipinski definition) is 4. The van der Waals surface area contributed by atoms with Crippen molar-refractivity contribution in [2.75, 3.05) is 31.2 Å². The molecule has 2 aliphatic heterocycles. The van der Waals surface area contributed by atoms with Gasteiger partial charge < -0.3 is 15.0 Å². The number of anilines is 1. The second-order valence-electron chi connectivity index (χ2n) is 7.73. The van der Waals surface area contributed by atoms with Crippen LogP contribution in [0.3, 0.4) is 0 Å². The van der Waals surface area contributed by atoms with E-state index in [1.165, 1.54) is 29.7 Å². The smallest absolute Gasteiger partial charge is 0.0623 e. The second-order valence-corrected chi connectivity index (χ2v) is 7.73. The molecule has 0 radical (unpaired) electrons. The molecule has 1 aromatic heterocycles. The van der Waals surface area contributed by atoms with Gasteiger partial charge in [0.15, 0.2) is 0 Å². The van der Waals surface area contributed by atoms with E-state index in [1.807, 2.05) is 12.4 Å². The van der Waals surface area contributed by atoms with E-state index in [2.05, 4.69) is 58.5 Å². The lowest BCUT2D eigenvalue weighted by Crippen LogP contribution is -2.48. The maximum atomic E-state index is 5.80. The summed E-state index contributed by atoms with van der Waals surface area (Å²) in [5, 5.41) is 3.90. The highest BCUT2D eigenvalue weighted by molar-refractivity contribution is 5.47. The number of rotatable bonds is 5. The zero-order valence-corrected chi connectivity index (χ0v) is 15.6. The van der Waals surface area contributed by atoms with Gasteiger partial charge in [-0.1, -0.05) is 17.7 Å². The van der Waals surface area contributed by atoms with Crippen molar-refractivity contribution >= 4 is 5.69 Å². The first kappa shape index (κ1) is 17.5. The van der Waals surface area contributed by atoms with Crippen LogP contribution >= 0.6 is 0 Å². The van der Waals surface area contributed by atoms with E-state index in [0.29, 0.717) is 18.0 Å². The average Bonchev–Trinajstić information content (AvgIpc) is 3.11. The Hall–Kier alpha value is -1.91. The summed E-state index contributed by atoms with van der Waals surface area (Å²) in [7, 11) is 0. The average molecular weight is 351 g/mol. The van der Waals surface area contributed by atoms with Gasteiger partial charge in [-0.3, -0.25) is 4.98 Å². The predicted molar refractivity (Wildman–Crippen MR) is 106 cm³/mol. The van der Waals surface area contributed by atoms with Crippen LogP contribution in [0, 0.1) is 12.8 Å². The van der Waals surface area contributed by atoms with Gasteiger partial charge in [-0.2, -0.15) is 0 Å². The molecular formula is C22H29N3O. The first-order chi connectivity index (χ1) is 12.8. The third-order valence-electron chi connectivity index (χ3n) is 5.79. The molecule has 4 rings (SSSR count). The summed E-state index contributed by atoms with van der Waals surface area (Å²) in [5.74, 6) is 0.563. The summed E-state index contributed by atoms with van der Waals surface area (Å²) in [4.78, 5) is 6.63. The molecule has 0 bridgehead atoms. The van der Waals surface area contributed by atoms with Crippen LogP contribution in [0.25, 0.3) is 0 Å². The summed E-state index contributed by atoms with van der Waals surface area (Å²) in [6, 6.07) is 14.2. The van der Waals surface area contributed by atoms with Crippen molar-refractivity contribution in [3.05, 3.63) is 59.9 Å². The Kier molecular flexibility index (Phi) is 5.51. The maximum Gasteiger partial charge on any atom is 0.0623 e. The van der Waals surface area contributed by atoms with Crippen LogP contribution in [0.2, 0.25) is 0 Å². The summed E-state index contributed by atoms with van der Waals surface area (Å²) in [6.07, 6.45) is 7.24. The van der Waals surface area contributed by atoms with Gasteiger partial charge in [0, 0.05) is 49.2 Å². The number of piperidine rings is 1. The van der Waals surface area contributed by atoms with Crippen LogP contribution in [0.4, 0.5) is 5.69 Å².